The van der Waals surface area contributed by atoms with E-state index in [1.54, 1.807) is 0 Å². The van der Waals surface area contributed by atoms with Crippen molar-refractivity contribution in [3.05, 3.63) is 6.35 Å². The summed E-state index contributed by atoms with van der Waals surface area (Å²) in [4.78, 5) is 0. The van der Waals surface area contributed by atoms with Gasteiger partial charge in [-0.05, 0) is 0 Å². The summed E-state index contributed by atoms with van der Waals surface area (Å²) in [5.74, 6) is 0. The van der Waals surface area contributed by atoms with Crippen LogP contribution in [-0.4, -0.2) is 0 Å². The summed E-state index contributed by atoms with van der Waals surface area (Å²) >= 11 is 0. The highest BCUT2D eigenvalue weighted by Crippen LogP contribution is 2.45. The van der Waals surface area contributed by atoms with E-state index in [-0.39, 0.29) is 0 Å². The largest absolute Gasteiger partial charge is 0.312 e. The first kappa shape index (κ1) is 2.43. The Morgan fingerprint density at radius 2 is 2.25 bits per heavy atom. The molecule has 1 atom stereocenters. The molecule has 1 fully saturated rings. The highest BCUT2D eigenvalue weighted by Gasteiger charge is 2.13. The van der Waals surface area contributed by atoms with Crippen molar-refractivity contribution in [2.75, 3.05) is 0 Å². The fourth-order valence-electron chi connectivity index (χ4n) is 0.0241. The van der Waals surface area contributed by atoms with E-state index >= 15 is 0 Å². The molecule has 2 nitrogen and oxygen atoms in total. The molecule has 0 aromatic rings. The molecule has 0 aliphatic carbocycles. The van der Waals surface area contributed by atoms with E-state index in [2.05, 4.69) is 4.52 Å². The fraction of sp³-hybridized carbons (Fsp3) is 0. The van der Waals surface area contributed by atoms with Crippen molar-refractivity contribution in [3.8, 4) is 0 Å². The molecule has 1 aliphatic rings. The third kappa shape index (κ3) is 0.305. The van der Waals surface area contributed by atoms with Crippen molar-refractivity contribution in [2.24, 2.45) is 0 Å². The Morgan fingerprint density at radius 1 is 2.00 bits per heavy atom. The Bertz CT molecular complexity index is 44.0. The van der Waals surface area contributed by atoms with Gasteiger partial charge in [0, 0.05) is 0 Å². The molecule has 0 aromatic carbocycles. The van der Waals surface area contributed by atoms with Gasteiger partial charge < -0.3 is 4.52 Å². The van der Waals surface area contributed by atoms with Crippen LogP contribution in [0.4, 0.5) is 0 Å². The normalized spacial score (nSPS) is 39.5. The molecule has 1 rings (SSSR count). The van der Waals surface area contributed by atoms with Crippen LogP contribution in [0.5, 0.6) is 0 Å². The van der Waals surface area contributed by atoms with Crippen LogP contribution in [-0.2, 0) is 9.09 Å². The van der Waals surface area contributed by atoms with Crippen LogP contribution in [0, 0.1) is 6.35 Å². The second kappa shape index (κ2) is 0.568. The lowest BCUT2D eigenvalue weighted by molar-refractivity contribution is 0.549. The third-order valence-electron chi connectivity index (χ3n) is 0.214. The quantitative estimate of drug-likeness (QED) is 0.313. The lowest BCUT2D eigenvalue weighted by atomic mass is 11.7. The van der Waals surface area contributed by atoms with Crippen LogP contribution < -0.4 is 0 Å². The van der Waals surface area contributed by atoms with E-state index in [0.717, 1.165) is 0 Å². The molecule has 1 aliphatic heterocycles. The molecule has 23 valence electrons. The van der Waals surface area contributed by atoms with Crippen LogP contribution in [0.2, 0.25) is 0 Å². The molecule has 0 saturated carbocycles. The number of rotatable bonds is 0. The van der Waals surface area contributed by atoms with Crippen LogP contribution >= 0.6 is 8.03 Å². The topological polar surface area (TPSA) is 29.6 Å². The smallest absolute Gasteiger partial charge is 0.224 e. The van der Waals surface area contributed by atoms with E-state index in [0.29, 0.717) is 0 Å². The standard InChI is InChI=1S/CH2O2P/c2-4-1-3-4/h1,4H. The maximum atomic E-state index is 9.46. The summed E-state index contributed by atoms with van der Waals surface area (Å²) in [7, 11) is -1.50. The van der Waals surface area contributed by atoms with Crippen molar-refractivity contribution in [1.29, 1.82) is 0 Å². The van der Waals surface area contributed by atoms with Crippen molar-refractivity contribution in [2.45, 2.75) is 0 Å². The molecule has 1 heterocycles. The Balaban J connectivity index is 2.60. The Kier molecular flexibility index (Phi) is 0.345. The molecule has 1 radical (unpaired) electrons. The molecular formula is CH2O2P. The minimum Gasteiger partial charge on any atom is -0.312 e. The van der Waals surface area contributed by atoms with Gasteiger partial charge in [-0.25, -0.2) is 0 Å². The monoisotopic (exact) mass is 77.0 g/mol. The van der Waals surface area contributed by atoms with Crippen LogP contribution in [0.15, 0.2) is 0 Å². The average Bonchev–Trinajstić information content (AvgIpc) is 1.75. The SMILES string of the molecule is O=[PH]1[CH]O1. The molecule has 4 heavy (non-hydrogen) atoms. The van der Waals surface area contributed by atoms with Crippen molar-refractivity contribution in [3.63, 3.8) is 0 Å². The van der Waals surface area contributed by atoms with Crippen molar-refractivity contribution < 1.29 is 9.09 Å². The minimum atomic E-state index is -1.50. The molecule has 3 heteroatoms. The Morgan fingerprint density at radius 3 is 2.25 bits per heavy atom. The molecule has 0 spiro atoms. The maximum absolute atomic E-state index is 9.46. The first-order valence-corrected chi connectivity index (χ1v) is 2.33. The second-order valence-electron chi connectivity index (χ2n) is 0.555. The summed E-state index contributed by atoms with van der Waals surface area (Å²) in [6, 6.07) is 0. The van der Waals surface area contributed by atoms with Gasteiger partial charge in [-0.2, -0.15) is 0 Å². The first-order chi connectivity index (χ1) is 1.89. The van der Waals surface area contributed by atoms with Crippen molar-refractivity contribution in [1.82, 2.24) is 0 Å². The zero-order valence-corrected chi connectivity index (χ0v) is 2.89. The van der Waals surface area contributed by atoms with Crippen LogP contribution in [0.3, 0.4) is 0 Å². The molecule has 1 unspecified atom stereocenters. The zero-order chi connectivity index (χ0) is 2.99. The van der Waals surface area contributed by atoms with E-state index < -0.39 is 8.03 Å². The highest BCUT2D eigenvalue weighted by molar-refractivity contribution is 7.48. The van der Waals surface area contributed by atoms with Gasteiger partial charge in [0.25, 0.3) is 0 Å². The Labute approximate surface area is 24.6 Å². The molecule has 0 amide bonds. The third-order valence-corrected chi connectivity index (χ3v) is 0.642. The van der Waals surface area contributed by atoms with Gasteiger partial charge in [-0.3, -0.25) is 4.57 Å². The van der Waals surface area contributed by atoms with Gasteiger partial charge in [0.15, 0.2) is 6.35 Å². The van der Waals surface area contributed by atoms with E-state index in [4.69, 9.17) is 0 Å². The number of hydrogen-bond donors (Lipinski definition) is 0. The summed E-state index contributed by atoms with van der Waals surface area (Å²) in [5.41, 5.74) is 0. The van der Waals surface area contributed by atoms with E-state index in [1.165, 1.54) is 6.35 Å². The second-order valence-corrected chi connectivity index (χ2v) is 1.66. The maximum Gasteiger partial charge on any atom is 0.224 e. The summed E-state index contributed by atoms with van der Waals surface area (Å²) < 4.78 is 13.6. The first-order valence-electron chi connectivity index (χ1n) is 0.933. The van der Waals surface area contributed by atoms with Crippen LogP contribution in [0.1, 0.15) is 0 Å². The molecule has 0 bridgehead atoms. The zero-order valence-electron chi connectivity index (χ0n) is 1.89. The summed E-state index contributed by atoms with van der Waals surface area (Å²) in [5, 5.41) is 0. The van der Waals surface area contributed by atoms with Gasteiger partial charge in [0.05, 0.1) is 0 Å². The lowest BCUT2D eigenvalue weighted by Gasteiger charge is -1.29. The molecule has 1 saturated heterocycles. The minimum absolute atomic E-state index is 1.34. The Hall–Kier alpha value is 0.190. The lowest BCUT2D eigenvalue weighted by Crippen LogP contribution is -1.01. The van der Waals surface area contributed by atoms with E-state index in [9.17, 15) is 4.57 Å². The van der Waals surface area contributed by atoms with Crippen molar-refractivity contribution >= 4 is 8.03 Å². The number of hydrogen-bond acceptors (Lipinski definition) is 2. The summed E-state index contributed by atoms with van der Waals surface area (Å²) in [6.07, 6.45) is 1.34. The molecule has 0 aromatic heterocycles. The van der Waals surface area contributed by atoms with Gasteiger partial charge in [0.2, 0.25) is 8.03 Å². The average molecular weight is 77.0 g/mol. The molecule has 0 N–H and O–H groups in total. The highest BCUT2D eigenvalue weighted by atomic mass is 31.1. The van der Waals surface area contributed by atoms with Gasteiger partial charge in [0.1, 0.15) is 0 Å². The van der Waals surface area contributed by atoms with E-state index in [1.807, 2.05) is 0 Å². The van der Waals surface area contributed by atoms with Crippen LogP contribution in [0.25, 0.3) is 0 Å². The predicted molar refractivity (Wildman–Crippen MR) is 14.4 cm³/mol. The van der Waals surface area contributed by atoms with Gasteiger partial charge in [-0.15, -0.1) is 0 Å². The van der Waals surface area contributed by atoms with Gasteiger partial charge in [-0.1, -0.05) is 0 Å². The molecular weight excluding hydrogens is 75.0 g/mol. The fourth-order valence-corrected chi connectivity index (χ4v) is 0.217. The predicted octanol–water partition coefficient (Wildman–Crippen LogP) is 0.611. The van der Waals surface area contributed by atoms with Gasteiger partial charge >= 0.3 is 0 Å². The summed E-state index contributed by atoms with van der Waals surface area (Å²) in [6.45, 7) is 0.